The van der Waals surface area contributed by atoms with Crippen LogP contribution in [0.25, 0.3) is 0 Å². The van der Waals surface area contributed by atoms with Crippen molar-refractivity contribution in [2.24, 2.45) is 5.73 Å². The number of halogens is 1. The van der Waals surface area contributed by atoms with Gasteiger partial charge in [0.1, 0.15) is 5.82 Å². The van der Waals surface area contributed by atoms with Crippen LogP contribution in [0.4, 0.5) is 10.1 Å². The summed E-state index contributed by atoms with van der Waals surface area (Å²) in [6.07, 6.45) is 3.09. The minimum absolute atomic E-state index is 0.189. The van der Waals surface area contributed by atoms with Crippen LogP contribution in [-0.4, -0.2) is 0 Å². The molecule has 1 aliphatic carbocycles. The Hall–Kier alpha value is -1.09. The van der Waals surface area contributed by atoms with Gasteiger partial charge in [0.15, 0.2) is 0 Å². The minimum atomic E-state index is -0.369. The highest BCUT2D eigenvalue weighted by Gasteiger charge is 2.34. The molecule has 0 unspecified atom stereocenters. The van der Waals surface area contributed by atoms with Gasteiger partial charge in [0.25, 0.3) is 0 Å². The lowest BCUT2D eigenvalue weighted by atomic mass is 9.73. The Kier molecular flexibility index (Phi) is 1.77. The van der Waals surface area contributed by atoms with Gasteiger partial charge in [-0.2, -0.15) is 0 Å². The first-order chi connectivity index (χ1) is 6.12. The van der Waals surface area contributed by atoms with Crippen molar-refractivity contribution in [3.8, 4) is 0 Å². The number of nitrogens with two attached hydrogens (primary N) is 2. The van der Waals surface area contributed by atoms with E-state index in [-0.39, 0.29) is 17.0 Å². The van der Waals surface area contributed by atoms with Crippen LogP contribution in [0.1, 0.15) is 24.8 Å². The summed E-state index contributed by atoms with van der Waals surface area (Å²) in [7, 11) is 0. The molecular formula is C10H13FN2. The van der Waals surface area contributed by atoms with E-state index < -0.39 is 0 Å². The molecule has 0 amide bonds. The van der Waals surface area contributed by atoms with Gasteiger partial charge in [-0.1, -0.05) is 6.07 Å². The summed E-state index contributed by atoms with van der Waals surface area (Å²) in [5.74, 6) is -0.369. The molecule has 0 heterocycles. The molecule has 3 heteroatoms. The molecule has 70 valence electrons. The topological polar surface area (TPSA) is 52.0 Å². The van der Waals surface area contributed by atoms with Gasteiger partial charge in [-0.3, -0.25) is 0 Å². The summed E-state index contributed by atoms with van der Waals surface area (Å²) in [6, 6.07) is 4.76. The van der Waals surface area contributed by atoms with Crippen LogP contribution in [0.15, 0.2) is 18.2 Å². The molecule has 1 saturated carbocycles. The second-order valence-corrected chi connectivity index (χ2v) is 3.75. The third kappa shape index (κ3) is 1.29. The van der Waals surface area contributed by atoms with Gasteiger partial charge in [-0.15, -0.1) is 0 Å². The first-order valence-electron chi connectivity index (χ1n) is 4.46. The Morgan fingerprint density at radius 1 is 1.31 bits per heavy atom. The minimum Gasteiger partial charge on any atom is -0.396 e. The van der Waals surface area contributed by atoms with Crippen LogP contribution in [0.2, 0.25) is 0 Å². The maximum atomic E-state index is 12.8. The van der Waals surface area contributed by atoms with Crippen LogP contribution in [0.5, 0.6) is 0 Å². The standard InChI is InChI=1S/C10H13FN2/c11-8-3-2-7(6-9(8)12)10(13)4-1-5-10/h2-3,6H,1,4-5,12-13H2. The zero-order valence-corrected chi connectivity index (χ0v) is 7.39. The predicted octanol–water partition coefficient (Wildman–Crippen LogP) is 1.75. The van der Waals surface area contributed by atoms with Crippen LogP contribution in [0, 0.1) is 5.82 Å². The fourth-order valence-corrected chi connectivity index (χ4v) is 1.70. The summed E-state index contributed by atoms with van der Waals surface area (Å²) < 4.78 is 12.8. The van der Waals surface area contributed by atoms with E-state index in [9.17, 15) is 4.39 Å². The van der Waals surface area contributed by atoms with Crippen LogP contribution in [0.3, 0.4) is 0 Å². The molecule has 2 nitrogen and oxygen atoms in total. The Morgan fingerprint density at radius 2 is 2.00 bits per heavy atom. The third-order valence-electron chi connectivity index (χ3n) is 2.82. The molecule has 13 heavy (non-hydrogen) atoms. The van der Waals surface area contributed by atoms with Gasteiger partial charge in [0.05, 0.1) is 5.69 Å². The summed E-state index contributed by atoms with van der Waals surface area (Å²) in [5, 5.41) is 0. The highest BCUT2D eigenvalue weighted by Crippen LogP contribution is 2.39. The first-order valence-corrected chi connectivity index (χ1v) is 4.46. The quantitative estimate of drug-likeness (QED) is 0.647. The van der Waals surface area contributed by atoms with Gasteiger partial charge < -0.3 is 11.5 Å². The molecule has 0 radical (unpaired) electrons. The SMILES string of the molecule is Nc1cc(C2(N)CCC2)ccc1F. The van der Waals surface area contributed by atoms with Gasteiger partial charge >= 0.3 is 0 Å². The molecular weight excluding hydrogens is 167 g/mol. The highest BCUT2D eigenvalue weighted by atomic mass is 19.1. The lowest BCUT2D eigenvalue weighted by molar-refractivity contribution is 0.253. The summed E-state index contributed by atoms with van der Waals surface area (Å²) >= 11 is 0. The molecule has 2 rings (SSSR count). The number of hydrogen-bond acceptors (Lipinski definition) is 2. The van der Waals surface area contributed by atoms with Crippen molar-refractivity contribution in [3.63, 3.8) is 0 Å². The van der Waals surface area contributed by atoms with Crippen molar-refractivity contribution in [2.75, 3.05) is 5.73 Å². The fourth-order valence-electron chi connectivity index (χ4n) is 1.70. The van der Waals surface area contributed by atoms with E-state index in [1.54, 1.807) is 12.1 Å². The maximum absolute atomic E-state index is 12.8. The maximum Gasteiger partial charge on any atom is 0.146 e. The smallest absolute Gasteiger partial charge is 0.146 e. The molecule has 4 N–H and O–H groups in total. The summed E-state index contributed by atoms with van der Waals surface area (Å²) in [5.41, 5.74) is 12.4. The fraction of sp³-hybridized carbons (Fsp3) is 0.400. The molecule has 1 fully saturated rings. The van der Waals surface area contributed by atoms with Crippen LogP contribution >= 0.6 is 0 Å². The van der Waals surface area contributed by atoms with E-state index in [4.69, 9.17) is 11.5 Å². The number of benzene rings is 1. The zero-order valence-electron chi connectivity index (χ0n) is 7.39. The molecule has 0 saturated heterocycles. The van der Waals surface area contributed by atoms with Crippen molar-refractivity contribution >= 4 is 5.69 Å². The molecule has 0 aliphatic heterocycles. The molecule has 0 spiro atoms. The number of rotatable bonds is 1. The Labute approximate surface area is 76.7 Å². The van der Waals surface area contributed by atoms with Crippen molar-refractivity contribution in [1.82, 2.24) is 0 Å². The van der Waals surface area contributed by atoms with Crippen molar-refractivity contribution in [1.29, 1.82) is 0 Å². The van der Waals surface area contributed by atoms with E-state index >= 15 is 0 Å². The van der Waals surface area contributed by atoms with Gasteiger partial charge in [-0.05, 0) is 37.0 Å². The van der Waals surface area contributed by atoms with Gasteiger partial charge in [-0.25, -0.2) is 4.39 Å². The molecule has 1 aromatic rings. The monoisotopic (exact) mass is 180 g/mol. The summed E-state index contributed by atoms with van der Waals surface area (Å²) in [6.45, 7) is 0. The molecule has 0 aromatic heterocycles. The van der Waals surface area contributed by atoms with E-state index in [2.05, 4.69) is 0 Å². The number of nitrogen functional groups attached to an aromatic ring is 1. The van der Waals surface area contributed by atoms with E-state index in [0.717, 1.165) is 24.8 Å². The van der Waals surface area contributed by atoms with E-state index in [1.165, 1.54) is 6.07 Å². The lowest BCUT2D eigenvalue weighted by Crippen LogP contribution is -2.43. The largest absolute Gasteiger partial charge is 0.396 e. The predicted molar refractivity (Wildman–Crippen MR) is 50.5 cm³/mol. The van der Waals surface area contributed by atoms with Gasteiger partial charge in [0, 0.05) is 5.54 Å². The third-order valence-corrected chi connectivity index (χ3v) is 2.82. The Bertz CT molecular complexity index is 332. The van der Waals surface area contributed by atoms with Crippen molar-refractivity contribution in [3.05, 3.63) is 29.6 Å². The van der Waals surface area contributed by atoms with Crippen LogP contribution < -0.4 is 11.5 Å². The second-order valence-electron chi connectivity index (χ2n) is 3.75. The lowest BCUT2D eigenvalue weighted by Gasteiger charge is -2.38. The van der Waals surface area contributed by atoms with Crippen molar-refractivity contribution < 1.29 is 4.39 Å². The highest BCUT2D eigenvalue weighted by molar-refractivity contribution is 5.45. The number of hydrogen-bond donors (Lipinski definition) is 2. The Morgan fingerprint density at radius 3 is 2.46 bits per heavy atom. The van der Waals surface area contributed by atoms with E-state index in [1.807, 2.05) is 0 Å². The second kappa shape index (κ2) is 2.70. The average Bonchev–Trinajstić information content (AvgIpc) is 2.06. The number of anilines is 1. The first kappa shape index (κ1) is 8.51. The molecule has 1 aliphatic rings. The molecule has 0 atom stereocenters. The van der Waals surface area contributed by atoms with Gasteiger partial charge in [0.2, 0.25) is 0 Å². The normalized spacial score (nSPS) is 19.5. The Balaban J connectivity index is 2.36. The van der Waals surface area contributed by atoms with Crippen LogP contribution in [-0.2, 0) is 5.54 Å². The summed E-state index contributed by atoms with van der Waals surface area (Å²) in [4.78, 5) is 0. The van der Waals surface area contributed by atoms with E-state index in [0.29, 0.717) is 0 Å². The molecule has 1 aromatic carbocycles. The average molecular weight is 180 g/mol. The molecule has 0 bridgehead atoms. The van der Waals surface area contributed by atoms with Crippen molar-refractivity contribution in [2.45, 2.75) is 24.8 Å². The zero-order chi connectivity index (χ0) is 9.47.